The fourth-order valence-electron chi connectivity index (χ4n) is 2.83. The Kier molecular flexibility index (Phi) is 2.05. The molecule has 0 amide bonds. The molecule has 4 rings (SSSR count). The summed E-state index contributed by atoms with van der Waals surface area (Å²) in [5.41, 5.74) is 5.29. The Morgan fingerprint density at radius 3 is 2.72 bits per heavy atom. The first-order valence-electron chi connectivity index (χ1n) is 6.32. The van der Waals surface area contributed by atoms with E-state index in [2.05, 4.69) is 64.5 Å². The summed E-state index contributed by atoms with van der Waals surface area (Å²) in [7, 11) is 0. The SMILES string of the molecule is c1ccc2c(c1)CNCc1cc3ccccc3n1-2. The van der Waals surface area contributed by atoms with Crippen molar-refractivity contribution in [2.45, 2.75) is 13.1 Å². The zero-order valence-electron chi connectivity index (χ0n) is 10.1. The van der Waals surface area contributed by atoms with Gasteiger partial charge in [0.15, 0.2) is 0 Å². The average molecular weight is 234 g/mol. The minimum Gasteiger partial charge on any atom is -0.312 e. The summed E-state index contributed by atoms with van der Waals surface area (Å²) in [5.74, 6) is 0. The van der Waals surface area contributed by atoms with Crippen LogP contribution in [0.3, 0.4) is 0 Å². The molecule has 88 valence electrons. The molecule has 1 aliphatic rings. The second-order valence-electron chi connectivity index (χ2n) is 4.76. The molecule has 0 unspecified atom stereocenters. The molecule has 3 aromatic rings. The van der Waals surface area contributed by atoms with Crippen LogP contribution < -0.4 is 5.32 Å². The standard InChI is InChI=1S/C16H14N2/c1-3-7-15-12(5-1)9-14-11-17-10-13-6-2-4-8-16(13)18(14)15/h1-9,17H,10-11H2. The molecular formula is C16H14N2. The van der Waals surface area contributed by atoms with Gasteiger partial charge in [-0.15, -0.1) is 0 Å². The van der Waals surface area contributed by atoms with Crippen molar-refractivity contribution in [1.82, 2.24) is 9.88 Å². The van der Waals surface area contributed by atoms with Gasteiger partial charge in [0, 0.05) is 24.2 Å². The van der Waals surface area contributed by atoms with Crippen LogP contribution in [-0.2, 0) is 13.1 Å². The minimum absolute atomic E-state index is 0.920. The summed E-state index contributed by atoms with van der Waals surface area (Å²) < 4.78 is 2.38. The normalized spacial score (nSPS) is 14.0. The molecule has 0 saturated carbocycles. The first-order chi connectivity index (χ1) is 8.93. The predicted octanol–water partition coefficient (Wildman–Crippen LogP) is 3.23. The lowest BCUT2D eigenvalue weighted by Crippen LogP contribution is -2.10. The van der Waals surface area contributed by atoms with Gasteiger partial charge in [-0.25, -0.2) is 0 Å². The largest absolute Gasteiger partial charge is 0.312 e. The Morgan fingerprint density at radius 2 is 1.72 bits per heavy atom. The van der Waals surface area contributed by atoms with E-state index in [9.17, 15) is 0 Å². The van der Waals surface area contributed by atoms with Crippen LogP contribution in [-0.4, -0.2) is 4.57 Å². The molecule has 2 nitrogen and oxygen atoms in total. The van der Waals surface area contributed by atoms with Crippen molar-refractivity contribution in [3.05, 3.63) is 65.9 Å². The number of nitrogens with zero attached hydrogens (tertiary/aromatic N) is 1. The molecule has 0 spiro atoms. The highest BCUT2D eigenvalue weighted by Crippen LogP contribution is 2.28. The first kappa shape index (κ1) is 9.92. The van der Waals surface area contributed by atoms with Gasteiger partial charge in [0.05, 0.1) is 11.2 Å². The Hall–Kier alpha value is -2.06. The van der Waals surface area contributed by atoms with Crippen molar-refractivity contribution in [3.8, 4) is 5.69 Å². The Morgan fingerprint density at radius 1 is 0.889 bits per heavy atom. The second-order valence-corrected chi connectivity index (χ2v) is 4.76. The van der Waals surface area contributed by atoms with E-state index in [0.29, 0.717) is 0 Å². The maximum absolute atomic E-state index is 3.50. The molecule has 0 bridgehead atoms. The second kappa shape index (κ2) is 3.72. The van der Waals surface area contributed by atoms with Crippen LogP contribution in [0.2, 0.25) is 0 Å². The number of nitrogens with one attached hydrogen (secondary N) is 1. The number of hydrogen-bond donors (Lipinski definition) is 1. The summed E-state index contributed by atoms with van der Waals surface area (Å²) >= 11 is 0. The highest BCUT2D eigenvalue weighted by molar-refractivity contribution is 5.83. The fourth-order valence-corrected chi connectivity index (χ4v) is 2.83. The van der Waals surface area contributed by atoms with Crippen molar-refractivity contribution in [2.75, 3.05) is 0 Å². The third kappa shape index (κ3) is 1.33. The van der Waals surface area contributed by atoms with Crippen LogP contribution in [0, 0.1) is 0 Å². The minimum atomic E-state index is 0.920. The van der Waals surface area contributed by atoms with Gasteiger partial charge in [-0.05, 0) is 23.8 Å². The fraction of sp³-hybridized carbons (Fsp3) is 0.125. The predicted molar refractivity (Wildman–Crippen MR) is 73.8 cm³/mol. The maximum atomic E-state index is 3.50. The number of aromatic nitrogens is 1. The molecule has 18 heavy (non-hydrogen) atoms. The molecular weight excluding hydrogens is 220 g/mol. The van der Waals surface area contributed by atoms with Gasteiger partial charge in [-0.1, -0.05) is 36.4 Å². The summed E-state index contributed by atoms with van der Waals surface area (Å²) in [6.07, 6.45) is 0. The number of fused-ring (bicyclic) bond motifs is 5. The summed E-state index contributed by atoms with van der Waals surface area (Å²) in [6.45, 7) is 1.86. The topological polar surface area (TPSA) is 17.0 Å². The molecule has 1 N–H and O–H groups in total. The van der Waals surface area contributed by atoms with Gasteiger partial charge in [-0.3, -0.25) is 0 Å². The monoisotopic (exact) mass is 234 g/mol. The van der Waals surface area contributed by atoms with Crippen molar-refractivity contribution in [2.24, 2.45) is 0 Å². The number of benzene rings is 2. The zero-order chi connectivity index (χ0) is 11.9. The lowest BCUT2D eigenvalue weighted by molar-refractivity contribution is 0.694. The van der Waals surface area contributed by atoms with E-state index in [1.165, 1.54) is 27.8 Å². The van der Waals surface area contributed by atoms with Crippen LogP contribution in [0.1, 0.15) is 11.3 Å². The van der Waals surface area contributed by atoms with Gasteiger partial charge in [0.1, 0.15) is 0 Å². The Bertz CT molecular complexity index is 725. The van der Waals surface area contributed by atoms with Crippen molar-refractivity contribution in [3.63, 3.8) is 0 Å². The van der Waals surface area contributed by atoms with E-state index in [1.807, 2.05) is 0 Å². The van der Waals surface area contributed by atoms with Crippen molar-refractivity contribution in [1.29, 1.82) is 0 Å². The molecule has 2 aromatic carbocycles. The van der Waals surface area contributed by atoms with Crippen molar-refractivity contribution < 1.29 is 0 Å². The van der Waals surface area contributed by atoms with Crippen LogP contribution in [0.15, 0.2) is 54.6 Å². The third-order valence-electron chi connectivity index (χ3n) is 3.64. The van der Waals surface area contributed by atoms with E-state index in [1.54, 1.807) is 0 Å². The molecule has 0 saturated heterocycles. The number of para-hydroxylation sites is 2. The molecule has 1 aromatic heterocycles. The Labute approximate surface area is 106 Å². The number of hydrogen-bond acceptors (Lipinski definition) is 1. The molecule has 0 aliphatic carbocycles. The van der Waals surface area contributed by atoms with Crippen LogP contribution in [0.5, 0.6) is 0 Å². The van der Waals surface area contributed by atoms with Gasteiger partial charge < -0.3 is 9.88 Å². The van der Waals surface area contributed by atoms with Gasteiger partial charge >= 0.3 is 0 Å². The molecule has 2 heterocycles. The van der Waals surface area contributed by atoms with Gasteiger partial charge in [-0.2, -0.15) is 0 Å². The van der Waals surface area contributed by atoms with E-state index < -0.39 is 0 Å². The summed E-state index contributed by atoms with van der Waals surface area (Å²) in [6, 6.07) is 19.5. The highest BCUT2D eigenvalue weighted by Gasteiger charge is 2.15. The highest BCUT2D eigenvalue weighted by atomic mass is 15.0. The quantitative estimate of drug-likeness (QED) is 0.632. The smallest absolute Gasteiger partial charge is 0.0532 e. The number of rotatable bonds is 0. The van der Waals surface area contributed by atoms with Gasteiger partial charge in [0.2, 0.25) is 0 Å². The van der Waals surface area contributed by atoms with E-state index >= 15 is 0 Å². The van der Waals surface area contributed by atoms with Crippen LogP contribution in [0.25, 0.3) is 16.6 Å². The third-order valence-corrected chi connectivity index (χ3v) is 3.64. The summed E-state index contributed by atoms with van der Waals surface area (Å²) in [4.78, 5) is 0. The van der Waals surface area contributed by atoms with E-state index in [-0.39, 0.29) is 0 Å². The van der Waals surface area contributed by atoms with E-state index in [4.69, 9.17) is 0 Å². The van der Waals surface area contributed by atoms with Crippen molar-refractivity contribution >= 4 is 10.9 Å². The molecule has 0 radical (unpaired) electrons. The maximum Gasteiger partial charge on any atom is 0.0532 e. The van der Waals surface area contributed by atoms with E-state index in [0.717, 1.165) is 13.1 Å². The lowest BCUT2D eigenvalue weighted by Gasteiger charge is -2.10. The Balaban J connectivity index is 2.13. The first-order valence-corrected chi connectivity index (χ1v) is 6.32. The summed E-state index contributed by atoms with van der Waals surface area (Å²) in [5, 5.41) is 4.81. The molecule has 0 fully saturated rings. The molecule has 0 atom stereocenters. The van der Waals surface area contributed by atoms with Gasteiger partial charge in [0.25, 0.3) is 0 Å². The zero-order valence-corrected chi connectivity index (χ0v) is 10.1. The molecule has 1 aliphatic heterocycles. The van der Waals surface area contributed by atoms with Crippen LogP contribution in [0.4, 0.5) is 0 Å². The lowest BCUT2D eigenvalue weighted by atomic mass is 10.1. The average Bonchev–Trinajstić information content (AvgIpc) is 2.68. The van der Waals surface area contributed by atoms with Crippen LogP contribution >= 0.6 is 0 Å². The molecule has 2 heteroatoms.